The normalized spacial score (nSPS) is 21.0. The zero-order chi connectivity index (χ0) is 13.0. The van der Waals surface area contributed by atoms with E-state index in [0.717, 1.165) is 42.7 Å². The summed E-state index contributed by atoms with van der Waals surface area (Å²) in [6, 6.07) is 4.91. The number of carbonyl (C=O) groups excluding carboxylic acids is 1. The molecule has 0 fully saturated rings. The van der Waals surface area contributed by atoms with Gasteiger partial charge in [-0.25, -0.2) is 9.38 Å². The lowest BCUT2D eigenvalue weighted by atomic mass is 9.93. The van der Waals surface area contributed by atoms with E-state index < -0.39 is 0 Å². The van der Waals surface area contributed by atoms with E-state index in [1.165, 1.54) is 6.07 Å². The van der Waals surface area contributed by atoms with E-state index in [9.17, 15) is 9.18 Å². The molecule has 0 atom stereocenters. The van der Waals surface area contributed by atoms with Gasteiger partial charge in [0.2, 0.25) is 0 Å². The van der Waals surface area contributed by atoms with Crippen LogP contribution in [0.4, 0.5) is 10.1 Å². The fourth-order valence-electron chi connectivity index (χ4n) is 3.17. The van der Waals surface area contributed by atoms with Gasteiger partial charge < -0.3 is 0 Å². The highest BCUT2D eigenvalue weighted by Crippen LogP contribution is 2.39. The lowest BCUT2D eigenvalue weighted by Crippen LogP contribution is -2.33. The summed E-state index contributed by atoms with van der Waals surface area (Å²) >= 11 is 0. The average molecular weight is 256 g/mol. The zero-order valence-corrected chi connectivity index (χ0v) is 10.4. The van der Waals surface area contributed by atoms with Crippen LogP contribution in [-0.2, 0) is 11.3 Å². The molecule has 1 aromatic carbocycles. The van der Waals surface area contributed by atoms with Crippen molar-refractivity contribution in [3.63, 3.8) is 0 Å². The van der Waals surface area contributed by atoms with E-state index in [1.54, 1.807) is 11.0 Å². The van der Waals surface area contributed by atoms with E-state index in [0.29, 0.717) is 17.8 Å². The summed E-state index contributed by atoms with van der Waals surface area (Å²) in [6.45, 7) is 0.312. The Bertz CT molecular complexity index is 660. The number of carbonyl (C=O) groups is 1. The Hall–Kier alpha value is -1.97. The number of rotatable bonds is 0. The smallest absolute Gasteiger partial charge is 0.256 e. The topological polar surface area (TPSA) is 32.7 Å². The fourth-order valence-corrected chi connectivity index (χ4v) is 3.17. The van der Waals surface area contributed by atoms with Gasteiger partial charge in [0.1, 0.15) is 11.7 Å². The van der Waals surface area contributed by atoms with E-state index in [2.05, 4.69) is 4.99 Å². The van der Waals surface area contributed by atoms with Crippen molar-refractivity contribution >= 4 is 17.4 Å². The maximum absolute atomic E-state index is 13.8. The van der Waals surface area contributed by atoms with Gasteiger partial charge in [0.15, 0.2) is 0 Å². The number of halogens is 1. The predicted molar refractivity (Wildman–Crippen MR) is 69.5 cm³/mol. The molecule has 2 aliphatic heterocycles. The minimum absolute atomic E-state index is 0.0300. The highest BCUT2D eigenvalue weighted by atomic mass is 19.1. The molecule has 0 saturated carbocycles. The summed E-state index contributed by atoms with van der Waals surface area (Å²) < 4.78 is 13.8. The Morgan fingerprint density at radius 2 is 1.95 bits per heavy atom. The van der Waals surface area contributed by atoms with Gasteiger partial charge in [-0.15, -0.1) is 0 Å². The Kier molecular flexibility index (Phi) is 2.16. The van der Waals surface area contributed by atoms with Crippen molar-refractivity contribution in [1.82, 2.24) is 4.90 Å². The van der Waals surface area contributed by atoms with Gasteiger partial charge in [0, 0.05) is 16.7 Å². The van der Waals surface area contributed by atoms with Gasteiger partial charge in [-0.3, -0.25) is 9.69 Å². The molecule has 0 bridgehead atoms. The van der Waals surface area contributed by atoms with Gasteiger partial charge in [0.25, 0.3) is 5.91 Å². The third-order valence-corrected chi connectivity index (χ3v) is 4.13. The second kappa shape index (κ2) is 3.76. The lowest BCUT2D eigenvalue weighted by Gasteiger charge is -2.24. The molecule has 0 aromatic heterocycles. The van der Waals surface area contributed by atoms with E-state index in [4.69, 9.17) is 0 Å². The molecule has 4 heteroatoms. The maximum atomic E-state index is 13.8. The van der Waals surface area contributed by atoms with Gasteiger partial charge in [-0.2, -0.15) is 0 Å². The van der Waals surface area contributed by atoms with Crippen molar-refractivity contribution in [2.45, 2.75) is 32.2 Å². The number of aliphatic imine (C=N–C) groups is 1. The number of benzene rings is 1. The summed E-state index contributed by atoms with van der Waals surface area (Å²) in [5, 5.41) is 0. The third kappa shape index (κ3) is 1.43. The van der Waals surface area contributed by atoms with Crippen LogP contribution in [0.15, 0.2) is 34.3 Å². The number of hydrogen-bond donors (Lipinski definition) is 0. The fraction of sp³-hybridized carbons (Fsp3) is 0.333. The van der Waals surface area contributed by atoms with Crippen LogP contribution in [0.2, 0.25) is 0 Å². The van der Waals surface area contributed by atoms with Crippen LogP contribution >= 0.6 is 0 Å². The van der Waals surface area contributed by atoms with Crippen molar-refractivity contribution in [2.75, 3.05) is 0 Å². The number of hydrogen-bond acceptors (Lipinski definition) is 2. The summed E-state index contributed by atoms with van der Waals surface area (Å²) in [4.78, 5) is 18.5. The summed E-state index contributed by atoms with van der Waals surface area (Å²) in [6.07, 6.45) is 3.92. The first-order valence-corrected chi connectivity index (χ1v) is 6.66. The monoisotopic (exact) mass is 256 g/mol. The molecule has 2 heterocycles. The van der Waals surface area contributed by atoms with Crippen LogP contribution < -0.4 is 0 Å². The van der Waals surface area contributed by atoms with E-state index in [-0.39, 0.29) is 11.7 Å². The zero-order valence-electron chi connectivity index (χ0n) is 10.4. The largest absolute Gasteiger partial charge is 0.288 e. The minimum atomic E-state index is -0.280. The van der Waals surface area contributed by atoms with Crippen LogP contribution in [0.5, 0.6) is 0 Å². The molecule has 3 aliphatic rings. The van der Waals surface area contributed by atoms with Crippen LogP contribution in [0.3, 0.4) is 0 Å². The Morgan fingerprint density at radius 3 is 2.79 bits per heavy atom. The van der Waals surface area contributed by atoms with Crippen LogP contribution in [0, 0.1) is 5.82 Å². The molecule has 0 radical (unpaired) electrons. The van der Waals surface area contributed by atoms with Crippen LogP contribution in [0.25, 0.3) is 0 Å². The molecular formula is C15H13FN2O. The first kappa shape index (κ1) is 10.9. The standard InChI is InChI=1S/C15H13FN2O/c16-12-6-3-7-13-11(12)8-18-14(17-13)9-4-1-2-5-10(9)15(18)19/h3,6-7H,1-2,4-5,8H2. The Balaban J connectivity index is 1.89. The molecular weight excluding hydrogens is 243 g/mol. The molecule has 0 saturated heterocycles. The first-order valence-electron chi connectivity index (χ1n) is 6.66. The van der Waals surface area contributed by atoms with Gasteiger partial charge in [-0.1, -0.05) is 6.07 Å². The quantitative estimate of drug-likeness (QED) is 0.702. The van der Waals surface area contributed by atoms with Crippen LogP contribution in [-0.4, -0.2) is 16.6 Å². The van der Waals surface area contributed by atoms with Crippen molar-refractivity contribution in [1.29, 1.82) is 0 Å². The lowest BCUT2D eigenvalue weighted by molar-refractivity contribution is -0.123. The molecule has 1 aliphatic carbocycles. The summed E-state index contributed by atoms with van der Waals surface area (Å²) in [5.41, 5.74) is 3.18. The van der Waals surface area contributed by atoms with Crippen LogP contribution in [0.1, 0.15) is 31.2 Å². The molecule has 3 nitrogen and oxygen atoms in total. The highest BCUT2D eigenvalue weighted by Gasteiger charge is 2.39. The third-order valence-electron chi connectivity index (χ3n) is 4.13. The minimum Gasteiger partial charge on any atom is -0.288 e. The molecule has 19 heavy (non-hydrogen) atoms. The summed E-state index contributed by atoms with van der Waals surface area (Å²) in [7, 11) is 0. The Morgan fingerprint density at radius 1 is 1.16 bits per heavy atom. The Labute approximate surface area is 110 Å². The molecule has 0 N–H and O–H groups in total. The van der Waals surface area contributed by atoms with Crippen molar-refractivity contribution < 1.29 is 9.18 Å². The van der Waals surface area contributed by atoms with Crippen molar-refractivity contribution in [2.24, 2.45) is 4.99 Å². The van der Waals surface area contributed by atoms with E-state index in [1.807, 2.05) is 6.07 Å². The first-order chi connectivity index (χ1) is 9.25. The molecule has 0 spiro atoms. The number of amides is 1. The second-order valence-electron chi connectivity index (χ2n) is 5.23. The number of amidine groups is 1. The highest BCUT2D eigenvalue weighted by molar-refractivity contribution is 6.22. The molecule has 1 aromatic rings. The van der Waals surface area contributed by atoms with Gasteiger partial charge in [-0.05, 0) is 37.8 Å². The van der Waals surface area contributed by atoms with Gasteiger partial charge >= 0.3 is 0 Å². The van der Waals surface area contributed by atoms with E-state index >= 15 is 0 Å². The van der Waals surface area contributed by atoms with Crippen molar-refractivity contribution in [3.05, 3.63) is 40.7 Å². The molecule has 4 rings (SSSR count). The molecule has 1 amide bonds. The average Bonchev–Trinajstić information content (AvgIpc) is 2.72. The second-order valence-corrected chi connectivity index (χ2v) is 5.23. The molecule has 96 valence electrons. The maximum Gasteiger partial charge on any atom is 0.256 e. The number of nitrogens with zero attached hydrogens (tertiary/aromatic N) is 2. The predicted octanol–water partition coefficient (Wildman–Crippen LogP) is 3.08. The summed E-state index contributed by atoms with van der Waals surface area (Å²) in [5.74, 6) is 0.512. The van der Waals surface area contributed by atoms with Crippen molar-refractivity contribution in [3.8, 4) is 0 Å². The molecule has 0 unspecified atom stereocenters. The SMILES string of the molecule is O=C1C2=C(CCCC2)C2=Nc3cccc(F)c3CN12. The number of fused-ring (bicyclic) bond motifs is 3. The van der Waals surface area contributed by atoms with Gasteiger partial charge in [0.05, 0.1) is 12.2 Å².